The predicted octanol–water partition coefficient (Wildman–Crippen LogP) is 8.60. The first kappa shape index (κ1) is 27.2. The van der Waals surface area contributed by atoms with Crippen molar-refractivity contribution in [1.29, 1.82) is 0 Å². The Kier molecular flexibility index (Phi) is 9.09. The summed E-state index contributed by atoms with van der Waals surface area (Å²) in [5.41, 5.74) is 4.37. The lowest BCUT2D eigenvalue weighted by molar-refractivity contribution is -0.0548. The summed E-state index contributed by atoms with van der Waals surface area (Å²) in [7, 11) is 0. The first-order valence-electron chi connectivity index (χ1n) is 15.5. The minimum Gasteiger partial charge on any atom is -0.448 e. The van der Waals surface area contributed by atoms with Crippen molar-refractivity contribution in [1.82, 2.24) is 4.90 Å². The topological polar surface area (TPSA) is 49.8 Å². The summed E-state index contributed by atoms with van der Waals surface area (Å²) in [5, 5.41) is 11.4. The van der Waals surface area contributed by atoms with Crippen LogP contribution < -0.4 is 0 Å². The molecule has 2 saturated heterocycles. The molecule has 4 nitrogen and oxygen atoms in total. The van der Waals surface area contributed by atoms with Gasteiger partial charge in [0, 0.05) is 18.0 Å². The maximum absolute atomic E-state index is 13.3. The lowest BCUT2D eigenvalue weighted by atomic mass is 9.82. The molecule has 206 valence electrons. The van der Waals surface area contributed by atoms with Gasteiger partial charge in [-0.15, -0.1) is 0 Å². The highest BCUT2D eigenvalue weighted by Gasteiger charge is 2.49. The Labute approximate surface area is 229 Å². The van der Waals surface area contributed by atoms with Crippen LogP contribution in [0.4, 0.5) is 4.79 Å². The molecule has 1 N–H and O–H groups in total. The number of hydrogen-bond acceptors (Lipinski definition) is 3. The molecule has 1 aliphatic carbocycles. The van der Waals surface area contributed by atoms with E-state index in [1.54, 1.807) is 0 Å². The largest absolute Gasteiger partial charge is 0.448 e. The van der Waals surface area contributed by atoms with E-state index in [1.807, 2.05) is 4.90 Å². The molecule has 5 rings (SSSR count). The monoisotopic (exact) mass is 517 g/mol. The van der Waals surface area contributed by atoms with Gasteiger partial charge in [0.2, 0.25) is 0 Å². The maximum Gasteiger partial charge on any atom is 0.410 e. The van der Waals surface area contributed by atoms with Crippen LogP contribution in [0, 0.1) is 0 Å². The molecule has 0 aromatic heterocycles. The molecule has 0 spiro atoms. The van der Waals surface area contributed by atoms with Crippen LogP contribution in [0.15, 0.2) is 48.5 Å². The zero-order valence-corrected chi connectivity index (χ0v) is 23.4. The highest BCUT2D eigenvalue weighted by atomic mass is 16.6. The minimum absolute atomic E-state index is 0.0852. The number of hydrogen-bond donors (Lipinski definition) is 1. The summed E-state index contributed by atoms with van der Waals surface area (Å²) in [4.78, 5) is 15.3. The standard InChI is InChI=1S/C34H47NO3/c1-2-3-4-5-6-7-8-9-10-15-22-34(37)23-26-20-21-27(24-34)35(26)33(36)38-25-32-30-18-13-11-16-28(30)29-17-12-14-19-31(29)32/h11-14,16-19,26-27,32,37H,2-10,15,20-25H2,1H3. The number of rotatable bonds is 13. The number of carbonyl (C=O) groups is 1. The number of piperidine rings is 1. The van der Waals surface area contributed by atoms with Crippen LogP contribution in [0.2, 0.25) is 0 Å². The molecule has 1 amide bonds. The van der Waals surface area contributed by atoms with E-state index in [4.69, 9.17) is 4.74 Å². The normalized spacial score (nSPS) is 23.9. The molecule has 2 heterocycles. The molecular weight excluding hydrogens is 470 g/mol. The third-order valence-corrected chi connectivity index (χ3v) is 9.39. The van der Waals surface area contributed by atoms with Crippen LogP contribution in [0.1, 0.15) is 120 Å². The molecule has 2 unspecified atom stereocenters. The predicted molar refractivity (Wildman–Crippen MR) is 154 cm³/mol. The number of amides is 1. The third-order valence-electron chi connectivity index (χ3n) is 9.39. The van der Waals surface area contributed by atoms with E-state index < -0.39 is 5.60 Å². The van der Waals surface area contributed by atoms with E-state index in [2.05, 4.69) is 55.5 Å². The quantitative estimate of drug-likeness (QED) is 0.271. The molecular formula is C34H47NO3. The van der Waals surface area contributed by atoms with Crippen LogP contribution in [0.5, 0.6) is 0 Å². The number of ether oxygens (including phenoxy) is 1. The average Bonchev–Trinajstić information content (AvgIpc) is 3.40. The summed E-state index contributed by atoms with van der Waals surface area (Å²) in [6.45, 7) is 2.64. The summed E-state index contributed by atoms with van der Waals surface area (Å²) in [6, 6.07) is 17.2. The second-order valence-electron chi connectivity index (χ2n) is 12.2. The van der Waals surface area contributed by atoms with Gasteiger partial charge in [-0.3, -0.25) is 0 Å². The Morgan fingerprint density at radius 3 is 1.87 bits per heavy atom. The summed E-state index contributed by atoms with van der Waals surface area (Å²) in [5.74, 6) is 0.0852. The molecule has 2 aliphatic heterocycles. The number of nitrogens with zero attached hydrogens (tertiary/aromatic N) is 1. The van der Waals surface area contributed by atoms with E-state index >= 15 is 0 Å². The van der Waals surface area contributed by atoms with Crippen LogP contribution in [-0.2, 0) is 4.74 Å². The minimum atomic E-state index is -0.619. The van der Waals surface area contributed by atoms with Gasteiger partial charge in [-0.05, 0) is 54.4 Å². The maximum atomic E-state index is 13.3. The molecule has 3 aliphatic rings. The van der Waals surface area contributed by atoms with Crippen molar-refractivity contribution in [2.75, 3.05) is 6.61 Å². The van der Waals surface area contributed by atoms with Crippen LogP contribution in [-0.4, -0.2) is 40.4 Å². The Hall–Kier alpha value is -2.33. The van der Waals surface area contributed by atoms with Crippen molar-refractivity contribution in [3.8, 4) is 11.1 Å². The summed E-state index contributed by atoms with van der Waals surface area (Å²) >= 11 is 0. The van der Waals surface area contributed by atoms with Crippen molar-refractivity contribution >= 4 is 6.09 Å². The Morgan fingerprint density at radius 1 is 0.816 bits per heavy atom. The fourth-order valence-corrected chi connectivity index (χ4v) is 7.43. The molecule has 38 heavy (non-hydrogen) atoms. The fourth-order valence-electron chi connectivity index (χ4n) is 7.43. The van der Waals surface area contributed by atoms with Gasteiger partial charge < -0.3 is 14.7 Å². The average molecular weight is 518 g/mol. The van der Waals surface area contributed by atoms with Gasteiger partial charge in [0.05, 0.1) is 5.60 Å². The van der Waals surface area contributed by atoms with Gasteiger partial charge in [0.1, 0.15) is 6.61 Å². The van der Waals surface area contributed by atoms with E-state index in [1.165, 1.54) is 80.0 Å². The highest BCUT2D eigenvalue weighted by molar-refractivity contribution is 5.79. The second kappa shape index (κ2) is 12.7. The molecule has 2 aromatic carbocycles. The number of unbranched alkanes of at least 4 members (excludes halogenated alkanes) is 9. The molecule has 2 bridgehead atoms. The van der Waals surface area contributed by atoms with Crippen molar-refractivity contribution in [3.63, 3.8) is 0 Å². The van der Waals surface area contributed by atoms with Gasteiger partial charge in [0.25, 0.3) is 0 Å². The zero-order valence-electron chi connectivity index (χ0n) is 23.4. The Balaban J connectivity index is 1.07. The highest BCUT2D eigenvalue weighted by Crippen LogP contribution is 2.46. The Bertz CT molecular complexity index is 1010. The lowest BCUT2D eigenvalue weighted by Gasteiger charge is -2.43. The van der Waals surface area contributed by atoms with Crippen molar-refractivity contribution in [2.45, 2.75) is 127 Å². The fraction of sp³-hybridized carbons (Fsp3) is 0.618. The smallest absolute Gasteiger partial charge is 0.410 e. The summed E-state index contributed by atoms with van der Waals surface area (Å²) in [6.07, 6.45) is 17.1. The first-order chi connectivity index (χ1) is 18.6. The van der Waals surface area contributed by atoms with E-state index in [0.717, 1.165) is 25.7 Å². The Morgan fingerprint density at radius 2 is 1.32 bits per heavy atom. The van der Waals surface area contributed by atoms with Crippen LogP contribution in [0.25, 0.3) is 11.1 Å². The van der Waals surface area contributed by atoms with Gasteiger partial charge in [0.15, 0.2) is 0 Å². The zero-order chi connectivity index (χ0) is 26.4. The van der Waals surface area contributed by atoms with E-state index in [-0.39, 0.29) is 24.1 Å². The van der Waals surface area contributed by atoms with Gasteiger partial charge in [-0.25, -0.2) is 4.79 Å². The number of carbonyl (C=O) groups excluding carboxylic acids is 1. The summed E-state index contributed by atoms with van der Waals surface area (Å²) < 4.78 is 6.00. The molecule has 4 heteroatoms. The number of fused-ring (bicyclic) bond motifs is 5. The molecule has 2 atom stereocenters. The number of benzene rings is 2. The van der Waals surface area contributed by atoms with Crippen LogP contribution >= 0.6 is 0 Å². The molecule has 0 saturated carbocycles. The second-order valence-corrected chi connectivity index (χ2v) is 12.2. The molecule has 0 radical (unpaired) electrons. The molecule has 2 aromatic rings. The third kappa shape index (κ3) is 6.11. The van der Waals surface area contributed by atoms with Gasteiger partial charge in [-0.2, -0.15) is 0 Å². The van der Waals surface area contributed by atoms with Crippen molar-refractivity contribution in [3.05, 3.63) is 59.7 Å². The van der Waals surface area contributed by atoms with Gasteiger partial charge >= 0.3 is 6.09 Å². The van der Waals surface area contributed by atoms with E-state index in [0.29, 0.717) is 19.4 Å². The number of aliphatic hydroxyl groups is 1. The van der Waals surface area contributed by atoms with E-state index in [9.17, 15) is 9.90 Å². The molecule has 2 fully saturated rings. The van der Waals surface area contributed by atoms with Crippen molar-refractivity contribution in [2.24, 2.45) is 0 Å². The van der Waals surface area contributed by atoms with Crippen LogP contribution in [0.3, 0.4) is 0 Å². The van der Waals surface area contributed by atoms with Gasteiger partial charge in [-0.1, -0.05) is 120 Å². The SMILES string of the molecule is CCCCCCCCCCCCC1(O)CC2CCC(C1)N2C(=O)OCC1c2ccccc2-c2ccccc21. The lowest BCUT2D eigenvalue weighted by Crippen LogP contribution is -2.53. The van der Waals surface area contributed by atoms with Crippen molar-refractivity contribution < 1.29 is 14.6 Å². The first-order valence-corrected chi connectivity index (χ1v) is 15.5.